The number of nitrogens with zero attached hydrogens (tertiary/aromatic N) is 2. The molecule has 2 aromatic rings. The number of benzene rings is 1. The molecule has 3 rings (SSSR count). The molecule has 1 aromatic heterocycles. The third-order valence-corrected chi connectivity index (χ3v) is 4.56. The van der Waals surface area contributed by atoms with Crippen LogP contribution in [0.5, 0.6) is 0 Å². The molecule has 0 atom stereocenters. The van der Waals surface area contributed by atoms with Gasteiger partial charge in [0.05, 0.1) is 0 Å². The summed E-state index contributed by atoms with van der Waals surface area (Å²) in [4.78, 5) is 24.2. The van der Waals surface area contributed by atoms with E-state index in [9.17, 15) is 9.59 Å². The second kappa shape index (κ2) is 6.87. The number of anilines is 1. The van der Waals surface area contributed by atoms with Gasteiger partial charge in [0.2, 0.25) is 5.01 Å². The fourth-order valence-corrected chi connectivity index (χ4v) is 2.99. The minimum Gasteiger partial charge on any atom is -0.352 e. The van der Waals surface area contributed by atoms with Crippen LogP contribution in [0.2, 0.25) is 0 Å². The van der Waals surface area contributed by atoms with Crippen molar-refractivity contribution in [1.29, 1.82) is 0 Å². The third kappa shape index (κ3) is 3.92. The molecule has 1 aliphatic rings. The quantitative estimate of drug-likeness (QED) is 0.853. The van der Waals surface area contributed by atoms with Crippen LogP contribution in [0.15, 0.2) is 24.3 Å². The lowest BCUT2D eigenvalue weighted by Gasteiger charge is -2.06. The zero-order valence-electron chi connectivity index (χ0n) is 12.8. The lowest BCUT2D eigenvalue weighted by atomic mass is 10.2. The molecule has 23 heavy (non-hydrogen) atoms. The van der Waals surface area contributed by atoms with Crippen molar-refractivity contribution >= 4 is 28.8 Å². The van der Waals surface area contributed by atoms with Crippen molar-refractivity contribution in [2.45, 2.75) is 32.1 Å². The van der Waals surface area contributed by atoms with Crippen LogP contribution in [0.3, 0.4) is 0 Å². The third-order valence-electron chi connectivity index (χ3n) is 3.48. The van der Waals surface area contributed by atoms with Gasteiger partial charge < -0.3 is 10.6 Å². The molecule has 120 valence electrons. The zero-order valence-corrected chi connectivity index (χ0v) is 13.7. The second-order valence-electron chi connectivity index (χ2n) is 5.51. The average Bonchev–Trinajstić information content (AvgIpc) is 3.29. The van der Waals surface area contributed by atoms with E-state index in [2.05, 4.69) is 20.8 Å². The number of nitrogens with one attached hydrogen (secondary N) is 2. The number of rotatable bonds is 6. The maximum absolute atomic E-state index is 12.2. The smallest absolute Gasteiger partial charge is 0.286 e. The number of hydrogen-bond donors (Lipinski definition) is 2. The van der Waals surface area contributed by atoms with E-state index in [4.69, 9.17) is 0 Å². The summed E-state index contributed by atoms with van der Waals surface area (Å²) in [5.41, 5.74) is 1.09. The maximum atomic E-state index is 12.2. The molecule has 0 saturated heterocycles. The first-order valence-corrected chi connectivity index (χ1v) is 8.52. The van der Waals surface area contributed by atoms with Crippen LogP contribution in [0.1, 0.15) is 57.3 Å². The van der Waals surface area contributed by atoms with Gasteiger partial charge in [-0.25, -0.2) is 0 Å². The van der Waals surface area contributed by atoms with Gasteiger partial charge in [0.25, 0.3) is 11.8 Å². The Labute approximate surface area is 138 Å². The van der Waals surface area contributed by atoms with E-state index < -0.39 is 0 Å². The van der Waals surface area contributed by atoms with Crippen LogP contribution >= 0.6 is 11.3 Å². The molecule has 1 heterocycles. The van der Waals surface area contributed by atoms with Gasteiger partial charge in [0, 0.05) is 23.7 Å². The van der Waals surface area contributed by atoms with Crippen LogP contribution in [-0.2, 0) is 0 Å². The Morgan fingerprint density at radius 2 is 2.09 bits per heavy atom. The lowest BCUT2D eigenvalue weighted by molar-refractivity contribution is 0.0952. The van der Waals surface area contributed by atoms with Crippen LogP contribution < -0.4 is 10.6 Å². The van der Waals surface area contributed by atoms with Crippen molar-refractivity contribution in [1.82, 2.24) is 15.5 Å². The van der Waals surface area contributed by atoms with Gasteiger partial charge >= 0.3 is 0 Å². The first-order valence-electron chi connectivity index (χ1n) is 7.70. The molecule has 0 bridgehead atoms. The van der Waals surface area contributed by atoms with E-state index in [1.807, 2.05) is 6.92 Å². The minimum atomic E-state index is -0.291. The number of hydrogen-bond acceptors (Lipinski definition) is 5. The Morgan fingerprint density at radius 3 is 2.83 bits per heavy atom. The van der Waals surface area contributed by atoms with Crippen LogP contribution in [0.25, 0.3) is 0 Å². The van der Waals surface area contributed by atoms with E-state index in [0.717, 1.165) is 24.3 Å². The Morgan fingerprint density at radius 1 is 1.26 bits per heavy atom. The topological polar surface area (TPSA) is 84.0 Å². The van der Waals surface area contributed by atoms with Gasteiger partial charge in [0.15, 0.2) is 0 Å². The van der Waals surface area contributed by atoms with E-state index >= 15 is 0 Å². The van der Waals surface area contributed by atoms with E-state index in [-0.39, 0.29) is 11.8 Å². The standard InChI is InChI=1S/C16H18N4O2S/c1-2-8-17-13(21)11-4-3-5-12(9-11)18-14(22)16-20-19-15(23-16)10-6-7-10/h3-5,9-10H,2,6-8H2,1H3,(H,17,21)(H,18,22). The first kappa shape index (κ1) is 15.6. The Hall–Kier alpha value is -2.28. The number of aromatic nitrogens is 2. The van der Waals surface area contributed by atoms with Crippen molar-refractivity contribution in [3.63, 3.8) is 0 Å². The largest absolute Gasteiger partial charge is 0.352 e. The predicted octanol–water partition coefficient (Wildman–Crippen LogP) is 2.81. The maximum Gasteiger partial charge on any atom is 0.286 e. The monoisotopic (exact) mass is 330 g/mol. The van der Waals surface area contributed by atoms with Gasteiger partial charge in [-0.05, 0) is 37.5 Å². The molecule has 0 radical (unpaired) electrons. The summed E-state index contributed by atoms with van der Waals surface area (Å²) in [6, 6.07) is 6.87. The summed E-state index contributed by atoms with van der Waals surface area (Å²) >= 11 is 1.34. The average molecular weight is 330 g/mol. The summed E-state index contributed by atoms with van der Waals surface area (Å²) in [6.07, 6.45) is 3.14. The molecule has 6 nitrogen and oxygen atoms in total. The van der Waals surface area contributed by atoms with Crippen molar-refractivity contribution < 1.29 is 9.59 Å². The van der Waals surface area contributed by atoms with Gasteiger partial charge in [0.1, 0.15) is 5.01 Å². The van der Waals surface area contributed by atoms with E-state index in [1.54, 1.807) is 24.3 Å². The minimum absolute atomic E-state index is 0.144. The van der Waals surface area contributed by atoms with Gasteiger partial charge in [-0.3, -0.25) is 9.59 Å². The molecule has 7 heteroatoms. The molecule has 2 amide bonds. The Balaban J connectivity index is 1.66. The number of amides is 2. The summed E-state index contributed by atoms with van der Waals surface area (Å²) < 4.78 is 0. The van der Waals surface area contributed by atoms with E-state index in [0.29, 0.717) is 28.7 Å². The van der Waals surface area contributed by atoms with Gasteiger partial charge in [-0.15, -0.1) is 10.2 Å². The highest BCUT2D eigenvalue weighted by molar-refractivity contribution is 7.13. The van der Waals surface area contributed by atoms with Crippen molar-refractivity contribution in [3.05, 3.63) is 39.8 Å². The molecule has 1 fully saturated rings. The molecule has 1 aliphatic carbocycles. The first-order chi connectivity index (χ1) is 11.2. The summed E-state index contributed by atoms with van der Waals surface area (Å²) in [6.45, 7) is 2.62. The van der Waals surface area contributed by atoms with Gasteiger partial charge in [-0.2, -0.15) is 0 Å². The fourth-order valence-electron chi connectivity index (χ4n) is 2.08. The zero-order chi connectivity index (χ0) is 16.2. The Kier molecular flexibility index (Phi) is 4.66. The molecule has 2 N–H and O–H groups in total. The molecule has 0 spiro atoms. The number of carbonyl (C=O) groups excluding carboxylic acids is 2. The summed E-state index contributed by atoms with van der Waals surface area (Å²) in [5, 5.41) is 14.9. The summed E-state index contributed by atoms with van der Waals surface area (Å²) in [7, 11) is 0. The van der Waals surface area contributed by atoms with Crippen molar-refractivity contribution in [2.24, 2.45) is 0 Å². The van der Waals surface area contributed by atoms with Crippen LogP contribution in [0.4, 0.5) is 5.69 Å². The van der Waals surface area contributed by atoms with Crippen LogP contribution in [-0.4, -0.2) is 28.6 Å². The Bertz CT molecular complexity index is 724. The van der Waals surface area contributed by atoms with Crippen LogP contribution in [0, 0.1) is 0 Å². The summed E-state index contributed by atoms with van der Waals surface area (Å²) in [5.74, 6) is 0.0510. The van der Waals surface area contributed by atoms with E-state index in [1.165, 1.54) is 11.3 Å². The molecule has 0 aliphatic heterocycles. The lowest BCUT2D eigenvalue weighted by Crippen LogP contribution is -2.24. The van der Waals surface area contributed by atoms with Crippen molar-refractivity contribution in [3.8, 4) is 0 Å². The second-order valence-corrected chi connectivity index (χ2v) is 6.52. The molecule has 1 saturated carbocycles. The number of carbonyl (C=O) groups is 2. The molecule has 1 aromatic carbocycles. The predicted molar refractivity (Wildman–Crippen MR) is 88.9 cm³/mol. The molecule has 0 unspecified atom stereocenters. The highest BCUT2D eigenvalue weighted by atomic mass is 32.1. The highest BCUT2D eigenvalue weighted by Crippen LogP contribution is 2.41. The molecular weight excluding hydrogens is 312 g/mol. The normalized spacial score (nSPS) is 13.6. The van der Waals surface area contributed by atoms with Crippen molar-refractivity contribution in [2.75, 3.05) is 11.9 Å². The van der Waals surface area contributed by atoms with Gasteiger partial charge in [-0.1, -0.05) is 24.3 Å². The molecular formula is C16H18N4O2S. The SMILES string of the molecule is CCCNC(=O)c1cccc(NC(=O)c2nnc(C3CC3)s2)c1. The highest BCUT2D eigenvalue weighted by Gasteiger charge is 2.28. The fraction of sp³-hybridized carbons (Fsp3) is 0.375.